The van der Waals surface area contributed by atoms with Gasteiger partial charge in [-0.3, -0.25) is 9.13 Å². The van der Waals surface area contributed by atoms with Gasteiger partial charge in [0, 0.05) is 5.40 Å². The van der Waals surface area contributed by atoms with Crippen LogP contribution in [0.3, 0.4) is 0 Å². The first-order chi connectivity index (χ1) is 7.97. The van der Waals surface area contributed by atoms with Crippen molar-refractivity contribution in [3.8, 4) is 0 Å². The molecule has 0 heterocycles. The normalized spacial score (nSPS) is 10.7. The maximum Gasteiger partial charge on any atom is 1.00 e. The van der Waals surface area contributed by atoms with Gasteiger partial charge in [-0.15, -0.1) is 0 Å². The summed E-state index contributed by atoms with van der Waals surface area (Å²) < 4.78 is 42.7. The Morgan fingerprint density at radius 2 is 0.741 bits per heavy atom. The molecule has 0 radical (unpaired) electrons. The standard InChI is InChI=1S/C3H12O12P4.4Na.4H2O/c4-16(5,6)2(17(7,8)9)1-3(18(10,11)12)19(13,14)15;;;;;;;;/h2-3H,1H2,(H2,4,5,6)(H2,7,8,9)(H2,10,11,12)(H2,13,14,15);;;;;4*1H2/q;4*+1;;;;/p-4. The summed E-state index contributed by atoms with van der Waals surface area (Å²) in [6.07, 6.45) is -1.98. The van der Waals surface area contributed by atoms with Crippen LogP contribution in [0.5, 0.6) is 0 Å². The average molecular weight is 524 g/mol. The van der Waals surface area contributed by atoms with Gasteiger partial charge in [0.15, 0.2) is 5.40 Å². The van der Waals surface area contributed by atoms with E-state index in [9.17, 15) is 37.8 Å². The maximum atomic E-state index is 10.8. The molecule has 0 unspecified atom stereocenters. The van der Waals surface area contributed by atoms with E-state index >= 15 is 0 Å². The first-order valence-electron chi connectivity index (χ1n) is 4.11. The predicted molar refractivity (Wildman–Crippen MR) is 65.9 cm³/mol. The topological polar surface area (TPSA) is 367 Å². The molecule has 0 bridgehead atoms. The van der Waals surface area contributed by atoms with Gasteiger partial charge in [-0.1, -0.05) is 15.2 Å². The molecule has 27 heavy (non-hydrogen) atoms. The second-order valence-electron chi connectivity index (χ2n) is 3.45. The van der Waals surface area contributed by atoms with Gasteiger partial charge in [-0.25, -0.2) is 0 Å². The first kappa shape index (κ1) is 57.9. The summed E-state index contributed by atoms with van der Waals surface area (Å²) in [4.78, 5) is 76.7. The van der Waals surface area contributed by atoms with E-state index in [1.165, 1.54) is 0 Å². The van der Waals surface area contributed by atoms with Gasteiger partial charge in [0.1, 0.15) is 0 Å². The minimum absolute atomic E-state index is 0. The third-order valence-electron chi connectivity index (χ3n) is 1.93. The van der Waals surface area contributed by atoms with Crippen LogP contribution in [0.1, 0.15) is 6.42 Å². The fourth-order valence-corrected chi connectivity index (χ4v) is 6.62. The molecule has 0 aromatic heterocycles. The molecule has 0 aromatic carbocycles. The molecule has 0 saturated carbocycles. The van der Waals surface area contributed by atoms with Crippen LogP contribution in [0.15, 0.2) is 0 Å². The van der Waals surface area contributed by atoms with Gasteiger partial charge in [-0.2, -0.15) is 0 Å². The molecular formula is C3H16Na4O16P4. The Hall–Kier alpha value is 4.44. The molecule has 0 aromatic rings. The Kier molecular flexibility index (Phi) is 45.0. The third-order valence-corrected chi connectivity index (χ3v) is 9.29. The van der Waals surface area contributed by atoms with Gasteiger partial charge < -0.3 is 70.2 Å². The van der Waals surface area contributed by atoms with E-state index in [0.717, 1.165) is 0 Å². The Bertz CT molecular complexity index is 428. The fraction of sp³-hybridized carbons (Fsp3) is 1.00. The zero-order valence-corrected chi connectivity index (χ0v) is 26.3. The van der Waals surface area contributed by atoms with Crippen LogP contribution in [-0.4, -0.2) is 52.3 Å². The van der Waals surface area contributed by atoms with E-state index in [2.05, 4.69) is 0 Å². The van der Waals surface area contributed by atoms with E-state index in [0.29, 0.717) is 0 Å². The van der Waals surface area contributed by atoms with Crippen LogP contribution in [-0.2, 0) is 18.3 Å². The minimum atomic E-state index is -6.17. The van der Waals surface area contributed by atoms with Gasteiger partial charge in [0.25, 0.3) is 0 Å². The van der Waals surface area contributed by atoms with Crippen LogP contribution in [0.2, 0.25) is 0 Å². The van der Waals surface area contributed by atoms with Gasteiger partial charge >= 0.3 is 133 Å². The summed E-state index contributed by atoms with van der Waals surface area (Å²) in [6, 6.07) is 0. The molecule has 0 aliphatic rings. The van der Waals surface area contributed by atoms with Gasteiger partial charge in [-0.05, 0) is 6.42 Å². The van der Waals surface area contributed by atoms with Crippen molar-refractivity contribution in [1.29, 1.82) is 0 Å². The van der Waals surface area contributed by atoms with Crippen LogP contribution in [0, 0.1) is 0 Å². The second-order valence-corrected chi connectivity index (χ2v) is 11.3. The molecular weight excluding hydrogens is 508 g/mol. The Morgan fingerprint density at radius 1 is 0.556 bits per heavy atom. The van der Waals surface area contributed by atoms with Crippen LogP contribution >= 0.6 is 30.4 Å². The van der Waals surface area contributed by atoms with Crippen molar-refractivity contribution < 1.29 is 198 Å². The molecule has 0 saturated heterocycles. The summed E-state index contributed by atoms with van der Waals surface area (Å²) in [7, 11) is -23.6. The van der Waals surface area contributed by atoms with E-state index < -0.39 is 47.6 Å². The third kappa shape index (κ3) is 23.4. The largest absolute Gasteiger partial charge is 1.00 e. The fourth-order valence-electron chi connectivity index (χ4n) is 1.09. The van der Waals surface area contributed by atoms with E-state index in [-0.39, 0.29) is 140 Å². The molecule has 0 fully saturated rings. The molecule has 0 amide bonds. The first-order valence-corrected chi connectivity index (χ1v) is 10.7. The van der Waals surface area contributed by atoms with Gasteiger partial charge in [0.2, 0.25) is 0 Å². The zero-order chi connectivity index (χ0) is 15.9. The molecule has 12 N–H and O–H groups in total. The van der Waals surface area contributed by atoms with Crippen molar-refractivity contribution >= 4 is 30.4 Å². The van der Waals surface area contributed by atoms with E-state index in [4.69, 9.17) is 19.6 Å². The van der Waals surface area contributed by atoms with Gasteiger partial charge in [0.05, 0.1) is 0 Å². The smallest absolute Gasteiger partial charge is 0.810 e. The summed E-state index contributed by atoms with van der Waals surface area (Å²) in [5, 5.41) is -6.43. The predicted octanol–water partition coefficient (Wildman–Crippen LogP) is -19.1. The number of hydrogen-bond donors (Lipinski definition) is 4. The zero-order valence-electron chi connectivity index (χ0n) is 14.7. The second kappa shape index (κ2) is 21.0. The summed E-state index contributed by atoms with van der Waals surface area (Å²) in [5.74, 6) is 0. The average Bonchev–Trinajstić information content (AvgIpc) is 1.91. The van der Waals surface area contributed by atoms with Crippen molar-refractivity contribution in [2.45, 2.75) is 17.2 Å². The molecule has 0 atom stereocenters. The molecule has 0 aliphatic heterocycles. The van der Waals surface area contributed by atoms with Crippen molar-refractivity contribution in [1.82, 2.24) is 0 Å². The van der Waals surface area contributed by atoms with Crippen molar-refractivity contribution in [3.05, 3.63) is 0 Å². The molecule has 24 heteroatoms. The van der Waals surface area contributed by atoms with Crippen molar-refractivity contribution in [2.24, 2.45) is 0 Å². The summed E-state index contributed by atoms with van der Waals surface area (Å²) in [6.45, 7) is 0. The Labute approximate surface area is 241 Å². The monoisotopic (exact) mass is 524 g/mol. The minimum Gasteiger partial charge on any atom is -0.810 e. The quantitative estimate of drug-likeness (QED) is 0.186. The SMILES string of the molecule is O.O.O.O.O=P([O-])([O-])C(CC(P(=O)(O)O)P(=O)(O)O)P(=O)([O-])[O-].[Na+].[Na+].[Na+].[Na+]. The number of rotatable bonds is 6. The van der Waals surface area contributed by atoms with Crippen LogP contribution < -0.4 is 138 Å². The summed E-state index contributed by atoms with van der Waals surface area (Å²) >= 11 is 0. The molecule has 148 valence electrons. The van der Waals surface area contributed by atoms with E-state index in [1.807, 2.05) is 0 Å². The molecule has 16 nitrogen and oxygen atoms in total. The Balaban J connectivity index is -0.0000000579. The molecule has 0 rings (SSSR count). The van der Waals surface area contributed by atoms with E-state index in [1.54, 1.807) is 0 Å². The van der Waals surface area contributed by atoms with Crippen LogP contribution in [0.4, 0.5) is 0 Å². The molecule has 0 aliphatic carbocycles. The molecule has 0 spiro atoms. The van der Waals surface area contributed by atoms with Crippen molar-refractivity contribution in [3.63, 3.8) is 0 Å². The van der Waals surface area contributed by atoms with Crippen molar-refractivity contribution in [2.75, 3.05) is 0 Å². The maximum absolute atomic E-state index is 10.8. The Morgan fingerprint density at radius 3 is 0.852 bits per heavy atom. The summed E-state index contributed by atoms with van der Waals surface area (Å²) in [5.41, 5.74) is 0. The number of hydrogen-bond acceptors (Lipinski definition) is 8. The van der Waals surface area contributed by atoms with Crippen LogP contribution in [0.25, 0.3) is 0 Å².